The van der Waals surface area contributed by atoms with Gasteiger partial charge in [-0.15, -0.1) is 0 Å². The van der Waals surface area contributed by atoms with Gasteiger partial charge in [0.05, 0.1) is 22.0 Å². The van der Waals surface area contributed by atoms with E-state index in [-0.39, 0.29) is 29.5 Å². The Morgan fingerprint density at radius 3 is 2.63 bits per heavy atom. The molecule has 0 bridgehead atoms. The molecule has 0 aliphatic heterocycles. The van der Waals surface area contributed by atoms with Crippen LogP contribution in [0.3, 0.4) is 0 Å². The molecule has 10 heteroatoms. The summed E-state index contributed by atoms with van der Waals surface area (Å²) in [7, 11) is 0. The molecule has 0 radical (unpaired) electrons. The molecule has 1 heterocycles. The van der Waals surface area contributed by atoms with E-state index < -0.39 is 4.92 Å². The normalized spacial score (nSPS) is 14.3. The molecule has 1 aromatic heterocycles. The third kappa shape index (κ3) is 5.56. The second-order valence-corrected chi connectivity index (χ2v) is 10.0. The number of para-hydroxylation sites is 1. The van der Waals surface area contributed by atoms with E-state index in [0.29, 0.717) is 37.9 Å². The van der Waals surface area contributed by atoms with Crippen LogP contribution in [-0.4, -0.2) is 20.8 Å². The number of rotatable bonds is 7. The van der Waals surface area contributed by atoms with E-state index in [2.05, 4.69) is 5.10 Å². The Morgan fingerprint density at radius 2 is 1.87 bits per heavy atom. The van der Waals surface area contributed by atoms with Crippen LogP contribution in [-0.2, 0) is 6.61 Å². The predicted octanol–water partition coefficient (Wildman–Crippen LogP) is 7.12. The van der Waals surface area contributed by atoms with Gasteiger partial charge in [0.2, 0.25) is 0 Å². The fourth-order valence-corrected chi connectivity index (χ4v) is 5.14. The summed E-state index contributed by atoms with van der Waals surface area (Å²) in [6.07, 6.45) is 6.64. The lowest BCUT2D eigenvalue weighted by molar-refractivity contribution is -0.385. The van der Waals surface area contributed by atoms with Crippen LogP contribution in [0.1, 0.15) is 55.0 Å². The number of nitro benzene ring substituents is 1. The summed E-state index contributed by atoms with van der Waals surface area (Å²) >= 11 is 12.1. The number of nitrogens with zero attached hydrogens (tertiary/aromatic N) is 4. The first-order valence-corrected chi connectivity index (χ1v) is 13.1. The van der Waals surface area contributed by atoms with E-state index in [1.807, 2.05) is 12.1 Å². The van der Waals surface area contributed by atoms with Gasteiger partial charge in [0.25, 0.3) is 5.56 Å². The molecule has 1 aliphatic carbocycles. The molecular formula is C28H24Cl2N4O4. The number of hydrogen-bond donors (Lipinski definition) is 0. The predicted molar refractivity (Wildman–Crippen MR) is 149 cm³/mol. The minimum Gasteiger partial charge on any atom is -0.482 e. The fourth-order valence-electron chi connectivity index (χ4n) is 4.68. The summed E-state index contributed by atoms with van der Waals surface area (Å²) in [4.78, 5) is 29.5. The molecule has 8 nitrogen and oxygen atoms in total. The number of nitro groups is 1. The molecule has 0 amide bonds. The fraction of sp³-hybridized carbons (Fsp3) is 0.250. The van der Waals surface area contributed by atoms with Crippen molar-refractivity contribution in [3.63, 3.8) is 0 Å². The molecule has 0 unspecified atom stereocenters. The van der Waals surface area contributed by atoms with Crippen LogP contribution in [0.25, 0.3) is 10.9 Å². The van der Waals surface area contributed by atoms with Gasteiger partial charge in [-0.05, 0) is 49.2 Å². The van der Waals surface area contributed by atoms with Crippen molar-refractivity contribution in [3.8, 4) is 5.75 Å². The molecule has 4 aromatic rings. The highest BCUT2D eigenvalue weighted by atomic mass is 35.5. The Labute approximate surface area is 228 Å². The maximum absolute atomic E-state index is 13.4. The highest BCUT2D eigenvalue weighted by Gasteiger charge is 2.22. The minimum absolute atomic E-state index is 0.0349. The largest absolute Gasteiger partial charge is 0.482 e. The van der Waals surface area contributed by atoms with Gasteiger partial charge in [-0.3, -0.25) is 14.9 Å². The lowest BCUT2D eigenvalue weighted by Gasteiger charge is -2.22. The van der Waals surface area contributed by atoms with Crippen molar-refractivity contribution in [2.75, 3.05) is 0 Å². The number of benzene rings is 3. The van der Waals surface area contributed by atoms with Crippen LogP contribution in [0.4, 0.5) is 5.69 Å². The van der Waals surface area contributed by atoms with Crippen LogP contribution in [0.5, 0.6) is 5.75 Å². The highest BCUT2D eigenvalue weighted by Crippen LogP contribution is 2.32. The molecule has 0 N–H and O–H groups in total. The van der Waals surface area contributed by atoms with Crippen LogP contribution in [0.15, 0.2) is 70.6 Å². The van der Waals surface area contributed by atoms with E-state index in [0.717, 1.165) is 25.7 Å². The summed E-state index contributed by atoms with van der Waals surface area (Å²) in [5.74, 6) is 0.840. The molecule has 38 heavy (non-hydrogen) atoms. The zero-order chi connectivity index (χ0) is 26.6. The maximum Gasteiger partial charge on any atom is 0.311 e. The zero-order valence-electron chi connectivity index (χ0n) is 20.3. The molecule has 5 rings (SSSR count). The highest BCUT2D eigenvalue weighted by molar-refractivity contribution is 6.35. The first-order chi connectivity index (χ1) is 18.4. The van der Waals surface area contributed by atoms with Crippen LogP contribution in [0.2, 0.25) is 10.0 Å². The number of hydrogen-bond acceptors (Lipinski definition) is 6. The first-order valence-electron chi connectivity index (χ1n) is 12.3. The SMILES string of the molecule is O=c1c2ccccc2nc(C2CCCCC2)n1N=Cc1ccc(OCc2ccc(Cl)cc2Cl)c([N+](=O)[O-])c1. The Balaban J connectivity index is 1.47. The Morgan fingerprint density at radius 1 is 1.08 bits per heavy atom. The van der Waals surface area contributed by atoms with E-state index in [9.17, 15) is 14.9 Å². The Bertz CT molecular complexity index is 1600. The Hall–Kier alpha value is -3.75. The number of fused-ring (bicyclic) bond motifs is 1. The second-order valence-electron chi connectivity index (χ2n) is 9.19. The monoisotopic (exact) mass is 550 g/mol. The summed E-state index contributed by atoms with van der Waals surface area (Å²) in [6.45, 7) is 0.0349. The number of halogens is 2. The molecule has 1 aliphatic rings. The van der Waals surface area contributed by atoms with Gasteiger partial charge in [-0.1, -0.05) is 60.7 Å². The van der Waals surface area contributed by atoms with Crippen molar-refractivity contribution in [1.82, 2.24) is 9.66 Å². The summed E-state index contributed by atoms with van der Waals surface area (Å²) in [5.41, 5.74) is 1.25. The van der Waals surface area contributed by atoms with Gasteiger partial charge >= 0.3 is 5.69 Å². The van der Waals surface area contributed by atoms with Gasteiger partial charge in [-0.2, -0.15) is 9.78 Å². The van der Waals surface area contributed by atoms with E-state index in [1.54, 1.807) is 36.4 Å². The summed E-state index contributed by atoms with van der Waals surface area (Å²) in [6, 6.07) is 16.7. The van der Waals surface area contributed by atoms with Gasteiger partial charge in [0.15, 0.2) is 5.75 Å². The van der Waals surface area contributed by atoms with E-state index >= 15 is 0 Å². The van der Waals surface area contributed by atoms with Crippen molar-refractivity contribution in [2.24, 2.45) is 5.10 Å². The zero-order valence-corrected chi connectivity index (χ0v) is 21.9. The van der Waals surface area contributed by atoms with E-state index in [1.165, 1.54) is 29.4 Å². The van der Waals surface area contributed by atoms with E-state index in [4.69, 9.17) is 32.9 Å². The van der Waals surface area contributed by atoms with Gasteiger partial charge < -0.3 is 4.74 Å². The van der Waals surface area contributed by atoms with Crippen molar-refractivity contribution in [2.45, 2.75) is 44.6 Å². The second kappa shape index (κ2) is 11.3. The lowest BCUT2D eigenvalue weighted by atomic mass is 9.88. The van der Waals surface area contributed by atoms with Crippen molar-refractivity contribution < 1.29 is 9.66 Å². The number of ether oxygens (including phenoxy) is 1. The average Bonchev–Trinajstić information content (AvgIpc) is 2.92. The molecule has 0 saturated heterocycles. The lowest BCUT2D eigenvalue weighted by Crippen LogP contribution is -2.25. The molecule has 1 fully saturated rings. The minimum atomic E-state index is -0.520. The summed E-state index contributed by atoms with van der Waals surface area (Å²) in [5, 5.41) is 17.6. The van der Waals surface area contributed by atoms with Crippen LogP contribution in [0, 0.1) is 10.1 Å². The smallest absolute Gasteiger partial charge is 0.311 e. The molecule has 0 spiro atoms. The van der Waals surface area contributed by atoms with Gasteiger partial charge in [0, 0.05) is 33.2 Å². The maximum atomic E-state index is 13.4. The van der Waals surface area contributed by atoms with Gasteiger partial charge in [-0.25, -0.2) is 4.98 Å². The van der Waals surface area contributed by atoms with Crippen molar-refractivity contribution >= 4 is 46.0 Å². The van der Waals surface area contributed by atoms with Crippen molar-refractivity contribution in [3.05, 3.63) is 108 Å². The molecule has 0 atom stereocenters. The van der Waals surface area contributed by atoms with Crippen LogP contribution < -0.4 is 10.3 Å². The summed E-state index contributed by atoms with van der Waals surface area (Å²) < 4.78 is 7.05. The Kier molecular flexibility index (Phi) is 7.72. The quantitative estimate of drug-likeness (QED) is 0.138. The number of aromatic nitrogens is 2. The average molecular weight is 551 g/mol. The third-order valence-electron chi connectivity index (χ3n) is 6.65. The molecular weight excluding hydrogens is 527 g/mol. The van der Waals surface area contributed by atoms with Crippen LogP contribution >= 0.6 is 23.2 Å². The standard InChI is InChI=1S/C28H24Cl2N4O4/c29-21-12-11-20(23(30)15-21)17-38-26-13-10-18(14-25(26)34(36)37)16-31-33-27(19-6-2-1-3-7-19)32-24-9-5-4-8-22(24)28(33)35/h4-5,8-16,19H,1-3,6-7,17H2. The topological polar surface area (TPSA) is 99.6 Å². The molecule has 194 valence electrons. The van der Waals surface area contributed by atoms with Gasteiger partial charge in [0.1, 0.15) is 12.4 Å². The first kappa shape index (κ1) is 25.9. The molecule has 1 saturated carbocycles. The third-order valence-corrected chi connectivity index (χ3v) is 7.24. The molecule has 3 aromatic carbocycles. The van der Waals surface area contributed by atoms with Crippen molar-refractivity contribution in [1.29, 1.82) is 0 Å².